The van der Waals surface area contributed by atoms with Gasteiger partial charge in [0.2, 0.25) is 0 Å². The van der Waals surface area contributed by atoms with Crippen molar-refractivity contribution in [2.75, 3.05) is 0 Å². The molecule has 0 saturated carbocycles. The van der Waals surface area contributed by atoms with Crippen LogP contribution in [0, 0.1) is 13.8 Å². The van der Waals surface area contributed by atoms with Crippen molar-refractivity contribution in [2.45, 2.75) is 13.8 Å². The van der Waals surface area contributed by atoms with Crippen molar-refractivity contribution >= 4 is 22.4 Å². The highest BCUT2D eigenvalue weighted by atomic mass is 32.1. The number of aromatic nitrogens is 2. The minimum absolute atomic E-state index is 1.01. The van der Waals surface area contributed by atoms with E-state index in [-0.39, 0.29) is 0 Å². The van der Waals surface area contributed by atoms with Gasteiger partial charge < -0.3 is 0 Å². The van der Waals surface area contributed by atoms with Gasteiger partial charge in [0.05, 0.1) is 22.4 Å². The maximum Gasteiger partial charge on any atom is 0.0997 e. The van der Waals surface area contributed by atoms with Gasteiger partial charge in [-0.25, -0.2) is 9.97 Å². The Morgan fingerprint density at radius 2 is 1.45 bits per heavy atom. The van der Waals surface area contributed by atoms with Crippen LogP contribution in [0.2, 0.25) is 0 Å². The number of thiophene rings is 1. The lowest BCUT2D eigenvalue weighted by atomic mass is 10.3. The van der Waals surface area contributed by atoms with Crippen molar-refractivity contribution in [3.63, 3.8) is 0 Å². The molecule has 0 aliphatic rings. The molecule has 2 rings (SSSR count). The van der Waals surface area contributed by atoms with E-state index in [4.69, 9.17) is 0 Å². The summed E-state index contributed by atoms with van der Waals surface area (Å²) >= 11 is 1.65. The lowest BCUT2D eigenvalue weighted by molar-refractivity contribution is 1.11. The average molecular weight is 164 g/mol. The molecule has 0 unspecified atom stereocenters. The summed E-state index contributed by atoms with van der Waals surface area (Å²) in [6, 6.07) is 0. The third-order valence-corrected chi connectivity index (χ3v) is 2.44. The minimum Gasteiger partial charge on any atom is -0.249 e. The maximum absolute atomic E-state index is 4.38. The number of aryl methyl sites for hydroxylation is 2. The quantitative estimate of drug-likeness (QED) is 0.597. The van der Waals surface area contributed by atoms with E-state index < -0.39 is 0 Å². The van der Waals surface area contributed by atoms with E-state index >= 15 is 0 Å². The van der Waals surface area contributed by atoms with Crippen LogP contribution < -0.4 is 0 Å². The number of fused-ring (bicyclic) bond motifs is 1. The fourth-order valence-electron chi connectivity index (χ4n) is 0.974. The molecule has 2 aromatic rings. The van der Waals surface area contributed by atoms with Gasteiger partial charge in [-0.05, 0) is 13.8 Å². The lowest BCUT2D eigenvalue weighted by Crippen LogP contribution is -1.89. The zero-order valence-electron chi connectivity index (χ0n) is 6.46. The molecule has 0 fully saturated rings. The van der Waals surface area contributed by atoms with Crippen molar-refractivity contribution < 1.29 is 0 Å². The first-order valence-corrected chi connectivity index (χ1v) is 4.39. The molecule has 0 spiro atoms. The molecule has 0 radical (unpaired) electrons. The molecule has 0 N–H and O–H groups in total. The second kappa shape index (κ2) is 2.27. The fourth-order valence-corrected chi connectivity index (χ4v) is 1.65. The molecule has 0 amide bonds. The summed E-state index contributed by atoms with van der Waals surface area (Å²) in [4.78, 5) is 8.77. The minimum atomic E-state index is 1.01. The molecular formula is C8H8N2S. The Labute approximate surface area is 68.9 Å². The number of hydrogen-bond donors (Lipinski definition) is 0. The van der Waals surface area contributed by atoms with Crippen molar-refractivity contribution in [1.29, 1.82) is 0 Å². The Hall–Kier alpha value is -0.960. The molecule has 0 aromatic carbocycles. The summed E-state index contributed by atoms with van der Waals surface area (Å²) in [5.41, 5.74) is 4.07. The molecule has 2 heterocycles. The van der Waals surface area contributed by atoms with Gasteiger partial charge in [-0.15, -0.1) is 11.3 Å². The summed E-state index contributed by atoms with van der Waals surface area (Å²) < 4.78 is 0. The summed E-state index contributed by atoms with van der Waals surface area (Å²) in [5.74, 6) is 0. The molecule has 0 aliphatic carbocycles. The van der Waals surface area contributed by atoms with Crippen LogP contribution in [-0.2, 0) is 0 Å². The highest BCUT2D eigenvalue weighted by Crippen LogP contribution is 2.15. The van der Waals surface area contributed by atoms with E-state index in [2.05, 4.69) is 9.97 Å². The summed E-state index contributed by atoms with van der Waals surface area (Å²) in [6.07, 6.45) is 0. The molecule has 0 saturated heterocycles. The predicted octanol–water partition coefficient (Wildman–Crippen LogP) is 2.31. The molecule has 2 aromatic heterocycles. The summed E-state index contributed by atoms with van der Waals surface area (Å²) in [7, 11) is 0. The monoisotopic (exact) mass is 164 g/mol. The van der Waals surface area contributed by atoms with Gasteiger partial charge in [-0.2, -0.15) is 0 Å². The number of hydrogen-bond acceptors (Lipinski definition) is 3. The Morgan fingerprint density at radius 3 is 1.91 bits per heavy atom. The lowest BCUT2D eigenvalue weighted by Gasteiger charge is -1.96. The molecule has 56 valence electrons. The molecule has 11 heavy (non-hydrogen) atoms. The molecular weight excluding hydrogens is 156 g/mol. The molecule has 0 bridgehead atoms. The Kier molecular flexibility index (Phi) is 1.39. The maximum atomic E-state index is 4.38. The normalized spacial score (nSPS) is 10.7. The first-order chi connectivity index (χ1) is 5.27. The molecule has 0 atom stereocenters. The third-order valence-electron chi connectivity index (χ3n) is 1.72. The Balaban J connectivity index is 2.86. The smallest absolute Gasteiger partial charge is 0.0997 e. The van der Waals surface area contributed by atoms with Crippen LogP contribution in [0.5, 0.6) is 0 Å². The van der Waals surface area contributed by atoms with Gasteiger partial charge in [0.25, 0.3) is 0 Å². The second-order valence-electron chi connectivity index (χ2n) is 2.54. The highest BCUT2D eigenvalue weighted by molar-refractivity contribution is 7.09. The van der Waals surface area contributed by atoms with E-state index in [9.17, 15) is 0 Å². The summed E-state index contributed by atoms with van der Waals surface area (Å²) in [5, 5.41) is 4.05. The van der Waals surface area contributed by atoms with E-state index in [1.165, 1.54) is 0 Å². The van der Waals surface area contributed by atoms with Gasteiger partial charge in [-0.1, -0.05) is 0 Å². The van der Waals surface area contributed by atoms with Crippen LogP contribution in [0.25, 0.3) is 11.0 Å². The van der Waals surface area contributed by atoms with Gasteiger partial charge in [0.15, 0.2) is 0 Å². The fraction of sp³-hybridized carbons (Fsp3) is 0.250. The van der Waals surface area contributed by atoms with Crippen LogP contribution in [0.3, 0.4) is 0 Å². The van der Waals surface area contributed by atoms with Crippen LogP contribution >= 0.6 is 11.3 Å². The zero-order chi connectivity index (χ0) is 7.84. The first-order valence-electron chi connectivity index (χ1n) is 3.44. The van der Waals surface area contributed by atoms with Crippen LogP contribution in [0.15, 0.2) is 10.8 Å². The molecule has 0 aliphatic heterocycles. The largest absolute Gasteiger partial charge is 0.249 e. The van der Waals surface area contributed by atoms with E-state index in [0.717, 1.165) is 22.4 Å². The summed E-state index contributed by atoms with van der Waals surface area (Å²) in [6.45, 7) is 3.97. The van der Waals surface area contributed by atoms with E-state index in [1.54, 1.807) is 11.3 Å². The van der Waals surface area contributed by atoms with Crippen LogP contribution in [0.4, 0.5) is 0 Å². The van der Waals surface area contributed by atoms with Crippen molar-refractivity contribution in [3.8, 4) is 0 Å². The van der Waals surface area contributed by atoms with Gasteiger partial charge in [0.1, 0.15) is 0 Å². The van der Waals surface area contributed by atoms with Gasteiger partial charge in [0, 0.05) is 10.8 Å². The van der Waals surface area contributed by atoms with E-state index in [1.807, 2.05) is 24.6 Å². The molecule has 2 nitrogen and oxygen atoms in total. The predicted molar refractivity (Wildman–Crippen MR) is 46.9 cm³/mol. The second-order valence-corrected chi connectivity index (χ2v) is 3.28. The van der Waals surface area contributed by atoms with Crippen molar-refractivity contribution in [3.05, 3.63) is 22.1 Å². The van der Waals surface area contributed by atoms with Gasteiger partial charge in [-0.3, -0.25) is 0 Å². The van der Waals surface area contributed by atoms with Gasteiger partial charge >= 0.3 is 0 Å². The van der Waals surface area contributed by atoms with E-state index in [0.29, 0.717) is 0 Å². The van der Waals surface area contributed by atoms with Crippen molar-refractivity contribution in [1.82, 2.24) is 9.97 Å². The third kappa shape index (κ3) is 1.01. The Morgan fingerprint density at radius 1 is 1.00 bits per heavy atom. The zero-order valence-corrected chi connectivity index (χ0v) is 7.27. The van der Waals surface area contributed by atoms with Crippen molar-refractivity contribution in [2.24, 2.45) is 0 Å². The standard InChI is InChI=1S/C8H8N2S/c1-5-6(2)10-8-4-11-3-7(8)9-5/h3-4H,1-2H3. The average Bonchev–Trinajstić information content (AvgIpc) is 2.36. The first kappa shape index (κ1) is 6.73. The number of nitrogens with zero attached hydrogens (tertiary/aromatic N) is 2. The SMILES string of the molecule is Cc1nc2cscc2nc1C. The van der Waals surface area contributed by atoms with Crippen LogP contribution in [0.1, 0.15) is 11.4 Å². The Bertz CT molecular complexity index is 356. The molecule has 3 heteroatoms. The highest BCUT2D eigenvalue weighted by Gasteiger charge is 2.00. The van der Waals surface area contributed by atoms with Crippen LogP contribution in [-0.4, -0.2) is 9.97 Å². The topological polar surface area (TPSA) is 25.8 Å². The number of rotatable bonds is 0.